The molecule has 0 spiro atoms. The molecule has 19 heavy (non-hydrogen) atoms. The van der Waals surface area contributed by atoms with Gasteiger partial charge in [-0.05, 0) is 32.0 Å². The lowest BCUT2D eigenvalue weighted by Crippen LogP contribution is -2.52. The number of likely N-dealkylation sites (tertiary alicyclic amines) is 1. The molecule has 3 rings (SSSR count). The standard InChI is InChI=1S/C16H25N3/c1-18-10-7-15(19-11-8-17-9-12-19)13-16(18)14-5-3-2-4-6-14/h2-6,15-17H,7-13H2,1H3. The van der Waals surface area contributed by atoms with Crippen molar-refractivity contribution in [1.82, 2.24) is 15.1 Å². The minimum absolute atomic E-state index is 0.592. The fraction of sp³-hybridized carbons (Fsp3) is 0.625. The first-order valence-corrected chi connectivity index (χ1v) is 7.54. The normalized spacial score (nSPS) is 30.4. The largest absolute Gasteiger partial charge is 0.314 e. The molecule has 3 heteroatoms. The Morgan fingerprint density at radius 1 is 1.05 bits per heavy atom. The van der Waals surface area contributed by atoms with Crippen molar-refractivity contribution in [3.63, 3.8) is 0 Å². The number of rotatable bonds is 2. The Morgan fingerprint density at radius 2 is 1.79 bits per heavy atom. The van der Waals surface area contributed by atoms with Gasteiger partial charge in [0.2, 0.25) is 0 Å². The molecule has 1 aromatic rings. The Balaban J connectivity index is 1.70. The summed E-state index contributed by atoms with van der Waals surface area (Å²) in [5, 5.41) is 3.45. The maximum absolute atomic E-state index is 3.45. The highest BCUT2D eigenvalue weighted by Gasteiger charge is 2.30. The van der Waals surface area contributed by atoms with Crippen molar-refractivity contribution in [1.29, 1.82) is 0 Å². The Morgan fingerprint density at radius 3 is 2.53 bits per heavy atom. The summed E-state index contributed by atoms with van der Waals surface area (Å²) in [5.74, 6) is 0. The van der Waals surface area contributed by atoms with Crippen molar-refractivity contribution < 1.29 is 0 Å². The third-order valence-corrected chi connectivity index (χ3v) is 4.69. The molecule has 0 saturated carbocycles. The zero-order chi connectivity index (χ0) is 13.1. The number of hydrogen-bond acceptors (Lipinski definition) is 3. The first-order chi connectivity index (χ1) is 9.34. The molecule has 0 bridgehead atoms. The molecule has 2 unspecified atom stereocenters. The molecule has 2 aliphatic rings. The molecule has 3 nitrogen and oxygen atoms in total. The summed E-state index contributed by atoms with van der Waals surface area (Å²) in [6.45, 7) is 5.96. The minimum atomic E-state index is 0.592. The minimum Gasteiger partial charge on any atom is -0.314 e. The molecule has 0 aliphatic carbocycles. The third-order valence-electron chi connectivity index (χ3n) is 4.69. The van der Waals surface area contributed by atoms with Gasteiger partial charge < -0.3 is 5.32 Å². The molecule has 2 saturated heterocycles. The van der Waals surface area contributed by atoms with Crippen molar-refractivity contribution in [3.05, 3.63) is 35.9 Å². The van der Waals surface area contributed by atoms with E-state index in [4.69, 9.17) is 0 Å². The van der Waals surface area contributed by atoms with Crippen LogP contribution in [0.15, 0.2) is 30.3 Å². The zero-order valence-corrected chi connectivity index (χ0v) is 11.9. The van der Waals surface area contributed by atoms with Crippen molar-refractivity contribution in [2.75, 3.05) is 39.8 Å². The topological polar surface area (TPSA) is 18.5 Å². The van der Waals surface area contributed by atoms with Gasteiger partial charge >= 0.3 is 0 Å². The van der Waals surface area contributed by atoms with Gasteiger partial charge in [-0.3, -0.25) is 9.80 Å². The Bertz CT molecular complexity index is 386. The van der Waals surface area contributed by atoms with Gasteiger partial charge in [0.05, 0.1) is 0 Å². The van der Waals surface area contributed by atoms with Crippen molar-refractivity contribution in [3.8, 4) is 0 Å². The van der Waals surface area contributed by atoms with E-state index >= 15 is 0 Å². The second-order valence-corrected chi connectivity index (χ2v) is 5.87. The number of hydrogen-bond donors (Lipinski definition) is 1. The summed E-state index contributed by atoms with van der Waals surface area (Å²) in [6, 6.07) is 12.4. The van der Waals surface area contributed by atoms with E-state index < -0.39 is 0 Å². The van der Waals surface area contributed by atoms with Gasteiger partial charge in [-0.15, -0.1) is 0 Å². The molecular weight excluding hydrogens is 234 g/mol. The Labute approximate surface area is 116 Å². The van der Waals surface area contributed by atoms with E-state index in [-0.39, 0.29) is 0 Å². The van der Waals surface area contributed by atoms with Crippen LogP contribution in [0.2, 0.25) is 0 Å². The van der Waals surface area contributed by atoms with Crippen LogP contribution in [0.25, 0.3) is 0 Å². The van der Waals surface area contributed by atoms with E-state index in [9.17, 15) is 0 Å². The molecule has 2 heterocycles. The maximum Gasteiger partial charge on any atom is 0.0359 e. The number of nitrogens with zero attached hydrogens (tertiary/aromatic N) is 2. The lowest BCUT2D eigenvalue weighted by Gasteiger charge is -2.43. The first kappa shape index (κ1) is 13.1. The van der Waals surface area contributed by atoms with Crippen LogP contribution in [-0.2, 0) is 0 Å². The zero-order valence-electron chi connectivity index (χ0n) is 11.9. The van der Waals surface area contributed by atoms with Gasteiger partial charge in [-0.25, -0.2) is 0 Å². The SMILES string of the molecule is CN1CCC(N2CCNCC2)CC1c1ccccc1. The van der Waals surface area contributed by atoms with Gasteiger partial charge in [0.1, 0.15) is 0 Å². The highest BCUT2D eigenvalue weighted by atomic mass is 15.2. The number of piperidine rings is 1. The number of benzene rings is 1. The molecule has 0 aromatic heterocycles. The molecule has 2 aliphatic heterocycles. The van der Waals surface area contributed by atoms with Crippen molar-refractivity contribution in [2.45, 2.75) is 24.9 Å². The number of nitrogens with one attached hydrogen (secondary N) is 1. The second-order valence-electron chi connectivity index (χ2n) is 5.87. The molecule has 0 radical (unpaired) electrons. The van der Waals surface area contributed by atoms with E-state index in [0.29, 0.717) is 6.04 Å². The summed E-state index contributed by atoms with van der Waals surface area (Å²) < 4.78 is 0. The average molecular weight is 259 g/mol. The molecular formula is C16H25N3. The monoisotopic (exact) mass is 259 g/mol. The number of piperazine rings is 1. The van der Waals surface area contributed by atoms with Crippen LogP contribution < -0.4 is 5.32 Å². The summed E-state index contributed by atoms with van der Waals surface area (Å²) in [5.41, 5.74) is 1.48. The highest BCUT2D eigenvalue weighted by Crippen LogP contribution is 2.31. The van der Waals surface area contributed by atoms with Crippen LogP contribution >= 0.6 is 0 Å². The van der Waals surface area contributed by atoms with Crippen LogP contribution in [0, 0.1) is 0 Å². The fourth-order valence-corrected chi connectivity index (χ4v) is 3.51. The average Bonchev–Trinajstić information content (AvgIpc) is 2.49. The molecule has 2 fully saturated rings. The van der Waals surface area contributed by atoms with E-state index in [0.717, 1.165) is 19.1 Å². The summed E-state index contributed by atoms with van der Waals surface area (Å²) in [7, 11) is 2.27. The Hall–Kier alpha value is -0.900. The van der Waals surface area contributed by atoms with Crippen molar-refractivity contribution in [2.24, 2.45) is 0 Å². The molecule has 2 atom stereocenters. The maximum atomic E-state index is 3.45. The van der Waals surface area contributed by atoms with Gasteiger partial charge in [0.25, 0.3) is 0 Å². The smallest absolute Gasteiger partial charge is 0.0359 e. The van der Waals surface area contributed by atoms with Crippen LogP contribution in [-0.4, -0.2) is 55.6 Å². The molecule has 104 valence electrons. The predicted octanol–water partition coefficient (Wildman–Crippen LogP) is 1.73. The van der Waals surface area contributed by atoms with Gasteiger partial charge in [0, 0.05) is 38.3 Å². The first-order valence-electron chi connectivity index (χ1n) is 7.54. The van der Waals surface area contributed by atoms with Gasteiger partial charge in [-0.2, -0.15) is 0 Å². The van der Waals surface area contributed by atoms with Crippen LogP contribution in [0.5, 0.6) is 0 Å². The van der Waals surface area contributed by atoms with Crippen molar-refractivity contribution >= 4 is 0 Å². The van der Waals surface area contributed by atoms with E-state index in [1.165, 1.54) is 38.0 Å². The second kappa shape index (κ2) is 6.04. The summed E-state index contributed by atoms with van der Waals surface area (Å²) in [6.07, 6.45) is 2.60. The Kier molecular flexibility index (Phi) is 4.16. The van der Waals surface area contributed by atoms with Gasteiger partial charge in [-0.1, -0.05) is 30.3 Å². The van der Waals surface area contributed by atoms with E-state index in [1.807, 2.05) is 0 Å². The quantitative estimate of drug-likeness (QED) is 0.872. The van der Waals surface area contributed by atoms with Crippen LogP contribution in [0.3, 0.4) is 0 Å². The molecule has 0 amide bonds. The van der Waals surface area contributed by atoms with E-state index in [2.05, 4.69) is 52.5 Å². The van der Waals surface area contributed by atoms with E-state index in [1.54, 1.807) is 0 Å². The highest BCUT2D eigenvalue weighted by molar-refractivity contribution is 5.20. The van der Waals surface area contributed by atoms with Crippen LogP contribution in [0.1, 0.15) is 24.4 Å². The summed E-state index contributed by atoms with van der Waals surface area (Å²) in [4.78, 5) is 5.22. The lowest BCUT2D eigenvalue weighted by atomic mass is 9.91. The predicted molar refractivity (Wildman–Crippen MR) is 79.3 cm³/mol. The summed E-state index contributed by atoms with van der Waals surface area (Å²) >= 11 is 0. The molecule has 1 N–H and O–H groups in total. The van der Waals surface area contributed by atoms with Gasteiger partial charge in [0.15, 0.2) is 0 Å². The van der Waals surface area contributed by atoms with Crippen LogP contribution in [0.4, 0.5) is 0 Å². The molecule has 1 aromatic carbocycles. The lowest BCUT2D eigenvalue weighted by molar-refractivity contribution is 0.0728. The fourth-order valence-electron chi connectivity index (χ4n) is 3.51. The third kappa shape index (κ3) is 2.99.